The first-order chi connectivity index (χ1) is 13.0. The fourth-order valence-corrected chi connectivity index (χ4v) is 4.09. The van der Waals surface area contributed by atoms with Crippen LogP contribution in [-0.4, -0.2) is 33.3 Å². The molecule has 5 nitrogen and oxygen atoms in total. The van der Waals surface area contributed by atoms with E-state index >= 15 is 0 Å². The molecule has 0 saturated carbocycles. The van der Waals surface area contributed by atoms with Crippen molar-refractivity contribution in [3.63, 3.8) is 0 Å². The third-order valence-electron chi connectivity index (χ3n) is 5.77. The number of aliphatic carboxylic acids is 1. The molecular weight excluding hydrogens is 342 g/mol. The summed E-state index contributed by atoms with van der Waals surface area (Å²) in [5.74, 6) is -1.65. The first kappa shape index (κ1) is 23.6. The first-order valence-electron chi connectivity index (χ1n) is 11.1. The van der Waals surface area contributed by atoms with Crippen molar-refractivity contribution in [1.29, 1.82) is 0 Å². The van der Waals surface area contributed by atoms with Crippen molar-refractivity contribution in [1.82, 2.24) is 4.90 Å². The van der Waals surface area contributed by atoms with Crippen LogP contribution in [0.1, 0.15) is 117 Å². The van der Waals surface area contributed by atoms with Crippen LogP contribution in [0.4, 0.5) is 0 Å². The fraction of sp³-hybridized carbons (Fsp3) is 0.864. The van der Waals surface area contributed by atoms with Crippen LogP contribution >= 0.6 is 0 Å². The number of hydrogen-bond donors (Lipinski definition) is 1. The number of carboxylic acids is 1. The molecule has 1 N–H and O–H groups in total. The monoisotopic (exact) mass is 381 g/mol. The van der Waals surface area contributed by atoms with E-state index in [1.54, 1.807) is 0 Å². The third kappa shape index (κ3) is 7.27. The zero-order valence-electron chi connectivity index (χ0n) is 17.4. The highest BCUT2D eigenvalue weighted by molar-refractivity contribution is 6.06. The highest BCUT2D eigenvalue weighted by Gasteiger charge is 2.50. The molecule has 1 unspecified atom stereocenters. The van der Waals surface area contributed by atoms with Gasteiger partial charge >= 0.3 is 5.97 Å². The molecule has 5 heteroatoms. The second-order valence-corrected chi connectivity index (χ2v) is 8.00. The van der Waals surface area contributed by atoms with E-state index in [0.29, 0.717) is 19.3 Å². The van der Waals surface area contributed by atoms with E-state index in [-0.39, 0.29) is 24.7 Å². The molecule has 0 aliphatic carbocycles. The van der Waals surface area contributed by atoms with Crippen molar-refractivity contribution in [2.24, 2.45) is 0 Å². The van der Waals surface area contributed by atoms with Crippen LogP contribution in [0.15, 0.2) is 0 Å². The summed E-state index contributed by atoms with van der Waals surface area (Å²) in [5, 5.41) is 9.94. The van der Waals surface area contributed by atoms with E-state index in [2.05, 4.69) is 6.92 Å². The number of carbonyl (C=O) groups is 3. The lowest BCUT2D eigenvalue weighted by molar-refractivity contribution is -0.164. The van der Waals surface area contributed by atoms with E-state index < -0.39 is 11.5 Å². The van der Waals surface area contributed by atoms with E-state index in [0.717, 1.165) is 30.6 Å². The Bertz CT molecular complexity index is 461. The first-order valence-corrected chi connectivity index (χ1v) is 11.1. The zero-order valence-corrected chi connectivity index (χ0v) is 17.4. The molecule has 27 heavy (non-hydrogen) atoms. The minimum absolute atomic E-state index is 0.151. The van der Waals surface area contributed by atoms with Gasteiger partial charge < -0.3 is 5.11 Å². The number of carboxylic acid groups (broad SMARTS) is 1. The maximum absolute atomic E-state index is 12.2. The summed E-state index contributed by atoms with van der Waals surface area (Å²) in [4.78, 5) is 37.7. The Balaban J connectivity index is 2.49. The number of likely N-dealkylation sites (tertiary alicyclic amines) is 1. The van der Waals surface area contributed by atoms with Crippen LogP contribution in [0, 0.1) is 0 Å². The van der Waals surface area contributed by atoms with Crippen molar-refractivity contribution in [2.75, 3.05) is 0 Å². The number of carbonyl (C=O) groups excluding carboxylic acids is 2. The molecule has 0 spiro atoms. The Morgan fingerprint density at radius 3 is 1.63 bits per heavy atom. The lowest BCUT2D eigenvalue weighted by atomic mass is 9.85. The van der Waals surface area contributed by atoms with Crippen molar-refractivity contribution < 1.29 is 19.5 Å². The quantitative estimate of drug-likeness (QED) is 0.284. The van der Waals surface area contributed by atoms with Crippen molar-refractivity contribution in [2.45, 2.75) is 122 Å². The van der Waals surface area contributed by atoms with Gasteiger partial charge in [0.25, 0.3) is 0 Å². The normalized spacial score (nSPS) is 16.7. The number of rotatable bonds is 16. The summed E-state index contributed by atoms with van der Waals surface area (Å²) in [6.07, 6.45) is 14.4. The zero-order chi connectivity index (χ0) is 20.1. The Morgan fingerprint density at radius 1 is 0.778 bits per heavy atom. The third-order valence-corrected chi connectivity index (χ3v) is 5.77. The predicted molar refractivity (Wildman–Crippen MR) is 107 cm³/mol. The summed E-state index contributed by atoms with van der Waals surface area (Å²) in [6.45, 7) is 4.22. The van der Waals surface area contributed by atoms with Crippen LogP contribution in [-0.2, 0) is 14.4 Å². The van der Waals surface area contributed by atoms with Crippen LogP contribution in [0.25, 0.3) is 0 Å². The standard InChI is InChI=1S/C22H39NO4/c1-3-5-7-8-9-10-11-12-13-14-18-22(21(26)27,17-6-4-2)23-19(24)15-16-20(23)25/h3-18H2,1-2H3,(H,26,27). The van der Waals surface area contributed by atoms with Crippen molar-refractivity contribution in [3.8, 4) is 0 Å². The molecule has 0 aromatic carbocycles. The number of nitrogens with zero attached hydrogens (tertiary/aromatic N) is 1. The van der Waals surface area contributed by atoms with Gasteiger partial charge in [-0.15, -0.1) is 0 Å². The SMILES string of the molecule is CCCCCCCCCCCCC(CCCC)(C(=O)O)N1C(=O)CCC1=O. The highest BCUT2D eigenvalue weighted by Crippen LogP contribution is 2.34. The molecule has 1 fully saturated rings. The van der Waals surface area contributed by atoms with Crippen LogP contribution in [0.2, 0.25) is 0 Å². The molecule has 1 rings (SSSR count). The van der Waals surface area contributed by atoms with Gasteiger partial charge in [-0.2, -0.15) is 0 Å². The summed E-state index contributed by atoms with van der Waals surface area (Å²) in [7, 11) is 0. The molecule has 1 saturated heterocycles. The molecule has 1 heterocycles. The number of amides is 2. The summed E-state index contributed by atoms with van der Waals surface area (Å²) in [5.41, 5.74) is -1.33. The second kappa shape index (κ2) is 12.9. The number of hydrogen-bond acceptors (Lipinski definition) is 3. The lowest BCUT2D eigenvalue weighted by Gasteiger charge is -2.37. The summed E-state index contributed by atoms with van der Waals surface area (Å²) >= 11 is 0. The summed E-state index contributed by atoms with van der Waals surface area (Å²) < 4.78 is 0. The minimum atomic E-state index is -1.33. The molecule has 0 aromatic heterocycles. The van der Waals surface area contributed by atoms with Crippen LogP contribution < -0.4 is 0 Å². The second-order valence-electron chi connectivity index (χ2n) is 8.00. The van der Waals surface area contributed by atoms with E-state index in [1.165, 1.54) is 44.9 Å². The van der Waals surface area contributed by atoms with E-state index in [1.807, 2.05) is 6.92 Å². The van der Waals surface area contributed by atoms with E-state index in [9.17, 15) is 19.5 Å². The van der Waals surface area contributed by atoms with Gasteiger partial charge in [-0.05, 0) is 12.8 Å². The molecule has 0 aromatic rings. The van der Waals surface area contributed by atoms with Crippen LogP contribution in [0.3, 0.4) is 0 Å². The lowest BCUT2D eigenvalue weighted by Crippen LogP contribution is -2.57. The van der Waals surface area contributed by atoms with Gasteiger partial charge in [0.2, 0.25) is 11.8 Å². The minimum Gasteiger partial charge on any atom is -0.479 e. The number of imide groups is 1. The highest BCUT2D eigenvalue weighted by atomic mass is 16.4. The molecule has 1 atom stereocenters. The Hall–Kier alpha value is -1.39. The Kier molecular flexibility index (Phi) is 11.3. The van der Waals surface area contributed by atoms with Crippen molar-refractivity contribution >= 4 is 17.8 Å². The average molecular weight is 382 g/mol. The van der Waals surface area contributed by atoms with Gasteiger partial charge in [-0.1, -0.05) is 90.9 Å². The Morgan fingerprint density at radius 2 is 1.19 bits per heavy atom. The molecule has 0 bridgehead atoms. The van der Waals surface area contributed by atoms with Gasteiger partial charge in [-0.25, -0.2) is 4.79 Å². The maximum Gasteiger partial charge on any atom is 0.330 e. The van der Waals surface area contributed by atoms with Crippen molar-refractivity contribution in [3.05, 3.63) is 0 Å². The van der Waals surface area contributed by atoms with Crippen LogP contribution in [0.5, 0.6) is 0 Å². The summed E-state index contributed by atoms with van der Waals surface area (Å²) in [6, 6.07) is 0. The fourth-order valence-electron chi connectivity index (χ4n) is 4.09. The van der Waals surface area contributed by atoms with Gasteiger partial charge in [0.05, 0.1) is 0 Å². The van der Waals surface area contributed by atoms with Gasteiger partial charge in [-0.3, -0.25) is 14.5 Å². The van der Waals surface area contributed by atoms with Gasteiger partial charge in [0.1, 0.15) is 5.54 Å². The topological polar surface area (TPSA) is 74.7 Å². The molecule has 1 aliphatic rings. The van der Waals surface area contributed by atoms with Gasteiger partial charge in [0, 0.05) is 12.8 Å². The molecule has 1 aliphatic heterocycles. The largest absolute Gasteiger partial charge is 0.479 e. The molecule has 2 amide bonds. The number of unbranched alkanes of at least 4 members (excludes halogenated alkanes) is 10. The van der Waals surface area contributed by atoms with Gasteiger partial charge in [0.15, 0.2) is 0 Å². The maximum atomic E-state index is 12.2. The van der Waals surface area contributed by atoms with E-state index in [4.69, 9.17) is 0 Å². The Labute approximate surface area is 164 Å². The molecule has 156 valence electrons. The average Bonchev–Trinajstić information content (AvgIpc) is 2.98. The molecule has 0 radical (unpaired) electrons. The molecular formula is C22H39NO4. The predicted octanol–water partition coefficient (Wildman–Crippen LogP) is 5.46. The smallest absolute Gasteiger partial charge is 0.330 e.